The Morgan fingerprint density at radius 3 is 2.70 bits per heavy atom. The first-order valence-corrected chi connectivity index (χ1v) is 5.90. The molecule has 0 bridgehead atoms. The average Bonchev–Trinajstić information content (AvgIpc) is 2.40. The Morgan fingerprint density at radius 1 is 1.25 bits per heavy atom. The van der Waals surface area contributed by atoms with E-state index < -0.39 is 10.7 Å². The maximum atomic E-state index is 13.3. The van der Waals surface area contributed by atoms with Gasteiger partial charge in [0, 0.05) is 23.9 Å². The van der Waals surface area contributed by atoms with Crippen molar-refractivity contribution in [2.24, 2.45) is 0 Å². The lowest BCUT2D eigenvalue weighted by Gasteiger charge is -2.10. The summed E-state index contributed by atoms with van der Waals surface area (Å²) in [4.78, 5) is 9.99. The molecule has 0 spiro atoms. The Morgan fingerprint density at radius 2 is 2.00 bits per heavy atom. The van der Waals surface area contributed by atoms with Crippen molar-refractivity contribution >= 4 is 11.4 Å². The van der Waals surface area contributed by atoms with Crippen molar-refractivity contribution in [3.8, 4) is 0 Å². The highest BCUT2D eigenvalue weighted by Gasteiger charge is 2.10. The van der Waals surface area contributed by atoms with E-state index >= 15 is 0 Å². The summed E-state index contributed by atoms with van der Waals surface area (Å²) in [6.07, 6.45) is 0. The fraction of sp³-hybridized carbons (Fsp3) is 0.143. The molecule has 0 aliphatic carbocycles. The van der Waals surface area contributed by atoms with Crippen LogP contribution in [0.1, 0.15) is 11.1 Å². The van der Waals surface area contributed by atoms with Crippen molar-refractivity contribution in [3.05, 3.63) is 69.3 Å². The second-order valence-electron chi connectivity index (χ2n) is 4.34. The van der Waals surface area contributed by atoms with Gasteiger partial charge in [-0.3, -0.25) is 10.1 Å². The van der Waals surface area contributed by atoms with Crippen LogP contribution in [0, 0.1) is 28.7 Å². The number of nitro benzene ring substituents is 1. The SMILES string of the molecule is Cc1c(F)cccc1NCc1cc(F)cc([N+](=O)[O-])c1. The fourth-order valence-corrected chi connectivity index (χ4v) is 1.84. The first-order chi connectivity index (χ1) is 9.47. The molecule has 0 radical (unpaired) electrons. The minimum Gasteiger partial charge on any atom is -0.381 e. The number of anilines is 1. The second kappa shape index (κ2) is 5.64. The maximum Gasteiger partial charge on any atom is 0.272 e. The zero-order valence-corrected chi connectivity index (χ0v) is 10.7. The van der Waals surface area contributed by atoms with Gasteiger partial charge in [0.2, 0.25) is 0 Å². The van der Waals surface area contributed by atoms with Gasteiger partial charge >= 0.3 is 0 Å². The highest BCUT2D eigenvalue weighted by molar-refractivity contribution is 5.51. The fourth-order valence-electron chi connectivity index (χ4n) is 1.84. The van der Waals surface area contributed by atoms with Crippen LogP contribution < -0.4 is 5.32 Å². The highest BCUT2D eigenvalue weighted by Crippen LogP contribution is 2.20. The van der Waals surface area contributed by atoms with Gasteiger partial charge in [-0.05, 0) is 30.7 Å². The van der Waals surface area contributed by atoms with Crippen LogP contribution in [-0.4, -0.2) is 4.92 Å². The highest BCUT2D eigenvalue weighted by atomic mass is 19.1. The summed E-state index contributed by atoms with van der Waals surface area (Å²) in [6, 6.07) is 7.93. The third-order valence-corrected chi connectivity index (χ3v) is 2.90. The zero-order valence-electron chi connectivity index (χ0n) is 10.7. The predicted molar refractivity (Wildman–Crippen MR) is 71.5 cm³/mol. The van der Waals surface area contributed by atoms with Crippen molar-refractivity contribution in [2.45, 2.75) is 13.5 Å². The Kier molecular flexibility index (Phi) is 3.93. The Labute approximate surface area is 114 Å². The Hall–Kier alpha value is -2.50. The lowest BCUT2D eigenvalue weighted by molar-refractivity contribution is -0.385. The molecule has 0 aliphatic heterocycles. The maximum absolute atomic E-state index is 13.3. The van der Waals surface area contributed by atoms with Crippen LogP contribution in [0.5, 0.6) is 0 Å². The lowest BCUT2D eigenvalue weighted by atomic mass is 10.1. The number of hydrogen-bond acceptors (Lipinski definition) is 3. The monoisotopic (exact) mass is 278 g/mol. The van der Waals surface area contributed by atoms with E-state index in [9.17, 15) is 18.9 Å². The minimum atomic E-state index is -0.674. The number of nitrogens with one attached hydrogen (secondary N) is 1. The van der Waals surface area contributed by atoms with Gasteiger partial charge in [-0.25, -0.2) is 8.78 Å². The summed E-state index contributed by atoms with van der Waals surface area (Å²) < 4.78 is 26.6. The van der Waals surface area contributed by atoms with E-state index in [1.165, 1.54) is 18.2 Å². The molecule has 0 saturated heterocycles. The summed E-state index contributed by atoms with van der Waals surface area (Å²) >= 11 is 0. The molecular weight excluding hydrogens is 266 g/mol. The van der Waals surface area contributed by atoms with Crippen molar-refractivity contribution in [3.63, 3.8) is 0 Å². The molecular formula is C14H12F2N2O2. The number of hydrogen-bond donors (Lipinski definition) is 1. The van der Waals surface area contributed by atoms with Crippen LogP contribution in [0.3, 0.4) is 0 Å². The summed E-state index contributed by atoms with van der Waals surface area (Å²) in [5, 5.41) is 13.6. The summed E-state index contributed by atoms with van der Waals surface area (Å²) in [7, 11) is 0. The smallest absolute Gasteiger partial charge is 0.272 e. The van der Waals surface area contributed by atoms with Crippen LogP contribution >= 0.6 is 0 Å². The molecule has 1 N–H and O–H groups in total. The Balaban J connectivity index is 2.19. The van der Waals surface area contributed by atoms with E-state index in [0.717, 1.165) is 6.07 Å². The van der Waals surface area contributed by atoms with Crippen molar-refractivity contribution in [1.29, 1.82) is 0 Å². The second-order valence-corrected chi connectivity index (χ2v) is 4.34. The summed E-state index contributed by atoms with van der Waals surface area (Å²) in [5.41, 5.74) is 1.12. The number of nitrogens with zero attached hydrogens (tertiary/aromatic N) is 1. The molecule has 0 heterocycles. The molecule has 6 heteroatoms. The van der Waals surface area contributed by atoms with Crippen LogP contribution in [0.15, 0.2) is 36.4 Å². The van der Waals surface area contributed by atoms with Gasteiger partial charge < -0.3 is 5.32 Å². The van der Waals surface area contributed by atoms with Gasteiger partial charge in [0.05, 0.1) is 11.0 Å². The molecule has 0 saturated carbocycles. The molecule has 104 valence electrons. The van der Waals surface area contributed by atoms with E-state index in [-0.39, 0.29) is 18.0 Å². The molecule has 0 aromatic heterocycles. The van der Waals surface area contributed by atoms with Crippen LogP contribution in [0.2, 0.25) is 0 Å². The largest absolute Gasteiger partial charge is 0.381 e. The third kappa shape index (κ3) is 3.09. The first-order valence-electron chi connectivity index (χ1n) is 5.90. The molecule has 0 atom stereocenters. The number of nitro groups is 1. The van der Waals surface area contributed by atoms with Crippen molar-refractivity contribution < 1.29 is 13.7 Å². The van der Waals surface area contributed by atoms with E-state index in [1.54, 1.807) is 19.1 Å². The Bertz CT molecular complexity index is 660. The van der Waals surface area contributed by atoms with Crippen LogP contribution in [0.25, 0.3) is 0 Å². The van der Waals surface area contributed by atoms with E-state index in [2.05, 4.69) is 5.32 Å². The molecule has 2 rings (SSSR count). The van der Waals surface area contributed by atoms with E-state index in [0.29, 0.717) is 16.8 Å². The van der Waals surface area contributed by atoms with E-state index in [4.69, 9.17) is 0 Å². The average molecular weight is 278 g/mol. The topological polar surface area (TPSA) is 55.2 Å². The van der Waals surface area contributed by atoms with Crippen LogP contribution in [0.4, 0.5) is 20.2 Å². The van der Waals surface area contributed by atoms with Crippen molar-refractivity contribution in [1.82, 2.24) is 0 Å². The molecule has 0 aliphatic rings. The summed E-state index contributed by atoms with van der Waals surface area (Å²) in [6.45, 7) is 1.79. The quantitative estimate of drug-likeness (QED) is 0.683. The standard InChI is InChI=1S/C14H12F2N2O2/c1-9-13(16)3-2-4-14(9)17-8-10-5-11(15)7-12(6-10)18(19)20/h2-7,17H,8H2,1H3. The van der Waals surface area contributed by atoms with Gasteiger partial charge in [-0.15, -0.1) is 0 Å². The summed E-state index contributed by atoms with van der Waals surface area (Å²) in [5.74, 6) is -1.02. The van der Waals surface area contributed by atoms with Gasteiger partial charge in [0.1, 0.15) is 11.6 Å². The number of rotatable bonds is 4. The predicted octanol–water partition coefficient (Wildman–Crippen LogP) is 3.79. The van der Waals surface area contributed by atoms with Gasteiger partial charge in [-0.2, -0.15) is 0 Å². The van der Waals surface area contributed by atoms with Crippen molar-refractivity contribution in [2.75, 3.05) is 5.32 Å². The van der Waals surface area contributed by atoms with Gasteiger partial charge in [0.25, 0.3) is 5.69 Å². The molecule has 2 aromatic carbocycles. The molecule has 0 unspecified atom stereocenters. The minimum absolute atomic E-state index is 0.170. The van der Waals surface area contributed by atoms with Gasteiger partial charge in [-0.1, -0.05) is 6.07 Å². The number of halogens is 2. The first kappa shape index (κ1) is 13.9. The normalized spacial score (nSPS) is 10.3. The number of non-ortho nitro benzene ring substituents is 1. The molecule has 20 heavy (non-hydrogen) atoms. The molecule has 2 aromatic rings. The van der Waals surface area contributed by atoms with Gasteiger partial charge in [0.15, 0.2) is 0 Å². The third-order valence-electron chi connectivity index (χ3n) is 2.90. The van der Waals surface area contributed by atoms with E-state index in [1.807, 2.05) is 0 Å². The molecule has 0 amide bonds. The number of benzene rings is 2. The molecule has 4 nitrogen and oxygen atoms in total. The molecule has 0 fully saturated rings. The lowest BCUT2D eigenvalue weighted by Crippen LogP contribution is -2.03. The van der Waals surface area contributed by atoms with Crippen LogP contribution in [-0.2, 0) is 6.54 Å². The zero-order chi connectivity index (χ0) is 14.7.